The van der Waals surface area contributed by atoms with Crippen LogP contribution in [0.15, 0.2) is 30.9 Å². The number of rotatable bonds is 4. The predicted octanol–water partition coefficient (Wildman–Crippen LogP) is 3.96. The summed E-state index contributed by atoms with van der Waals surface area (Å²) in [6.07, 6.45) is 3.64. The Kier molecular flexibility index (Phi) is 4.46. The highest BCUT2D eigenvalue weighted by atomic mass is 35.5. The summed E-state index contributed by atoms with van der Waals surface area (Å²) >= 11 is 11.7. The van der Waals surface area contributed by atoms with Gasteiger partial charge in [-0.25, -0.2) is 0 Å². The molecule has 1 nitrogen and oxygen atoms in total. The first kappa shape index (κ1) is 11.6. The highest BCUT2D eigenvalue weighted by Gasteiger charge is 2.06. The molecule has 0 aliphatic carbocycles. The van der Waals surface area contributed by atoms with Crippen LogP contribution in [0.3, 0.4) is 0 Å². The van der Waals surface area contributed by atoms with Gasteiger partial charge in [0.1, 0.15) is 0 Å². The molecule has 0 heterocycles. The standard InChI is InChI=1S/C11H13Cl2N/c1-2-3-4-11(14)8-5-6-9(12)10(13)7-8/h2,5-7,11H,1,3-4,14H2/t11-/m1/s1. The van der Waals surface area contributed by atoms with Crippen molar-refractivity contribution < 1.29 is 0 Å². The van der Waals surface area contributed by atoms with E-state index >= 15 is 0 Å². The van der Waals surface area contributed by atoms with Crippen molar-refractivity contribution in [2.75, 3.05) is 0 Å². The minimum absolute atomic E-state index is 0.00256. The summed E-state index contributed by atoms with van der Waals surface area (Å²) in [7, 11) is 0. The van der Waals surface area contributed by atoms with Gasteiger partial charge in [-0.2, -0.15) is 0 Å². The van der Waals surface area contributed by atoms with Crippen molar-refractivity contribution in [2.24, 2.45) is 5.73 Å². The molecule has 0 aliphatic rings. The lowest BCUT2D eigenvalue weighted by Gasteiger charge is -2.11. The Morgan fingerprint density at radius 2 is 2.07 bits per heavy atom. The first-order valence-corrected chi connectivity index (χ1v) is 5.22. The fourth-order valence-electron chi connectivity index (χ4n) is 1.21. The van der Waals surface area contributed by atoms with E-state index < -0.39 is 0 Å². The van der Waals surface area contributed by atoms with E-state index in [0.29, 0.717) is 10.0 Å². The third kappa shape index (κ3) is 3.02. The highest BCUT2D eigenvalue weighted by Crippen LogP contribution is 2.26. The van der Waals surface area contributed by atoms with E-state index in [9.17, 15) is 0 Å². The predicted molar refractivity (Wildman–Crippen MR) is 62.8 cm³/mol. The molecular formula is C11H13Cl2N. The molecule has 0 bridgehead atoms. The Balaban J connectivity index is 2.75. The Morgan fingerprint density at radius 1 is 1.36 bits per heavy atom. The molecule has 0 radical (unpaired) electrons. The van der Waals surface area contributed by atoms with Crippen molar-refractivity contribution in [2.45, 2.75) is 18.9 Å². The fraction of sp³-hybridized carbons (Fsp3) is 0.273. The van der Waals surface area contributed by atoms with Crippen LogP contribution >= 0.6 is 23.2 Å². The fourth-order valence-corrected chi connectivity index (χ4v) is 1.51. The Labute approximate surface area is 94.5 Å². The van der Waals surface area contributed by atoms with Gasteiger partial charge in [0.05, 0.1) is 10.0 Å². The topological polar surface area (TPSA) is 26.0 Å². The average molecular weight is 230 g/mol. The van der Waals surface area contributed by atoms with Gasteiger partial charge in [0.2, 0.25) is 0 Å². The van der Waals surface area contributed by atoms with E-state index in [-0.39, 0.29) is 6.04 Å². The second-order valence-corrected chi connectivity index (χ2v) is 3.96. The molecule has 0 saturated heterocycles. The molecule has 0 spiro atoms. The molecule has 0 aliphatic heterocycles. The van der Waals surface area contributed by atoms with Crippen LogP contribution in [0, 0.1) is 0 Å². The summed E-state index contributed by atoms with van der Waals surface area (Å²) < 4.78 is 0. The van der Waals surface area contributed by atoms with Crippen molar-refractivity contribution in [1.82, 2.24) is 0 Å². The molecule has 1 rings (SSSR count). The van der Waals surface area contributed by atoms with E-state index in [4.69, 9.17) is 28.9 Å². The minimum atomic E-state index is 0.00256. The zero-order valence-electron chi connectivity index (χ0n) is 7.84. The van der Waals surface area contributed by atoms with Gasteiger partial charge >= 0.3 is 0 Å². The van der Waals surface area contributed by atoms with Crippen LogP contribution in [-0.2, 0) is 0 Å². The largest absolute Gasteiger partial charge is 0.324 e. The SMILES string of the molecule is C=CCC[C@@H](N)c1ccc(Cl)c(Cl)c1. The molecule has 3 heteroatoms. The van der Waals surface area contributed by atoms with Crippen molar-refractivity contribution in [3.05, 3.63) is 46.5 Å². The van der Waals surface area contributed by atoms with Crippen LogP contribution in [0.1, 0.15) is 24.4 Å². The van der Waals surface area contributed by atoms with Crippen molar-refractivity contribution in [3.63, 3.8) is 0 Å². The highest BCUT2D eigenvalue weighted by molar-refractivity contribution is 6.42. The van der Waals surface area contributed by atoms with Crippen molar-refractivity contribution in [1.29, 1.82) is 0 Å². The quantitative estimate of drug-likeness (QED) is 0.778. The monoisotopic (exact) mass is 229 g/mol. The summed E-state index contributed by atoms with van der Waals surface area (Å²) in [6, 6.07) is 5.50. The van der Waals surface area contributed by atoms with Gasteiger partial charge in [-0.1, -0.05) is 35.3 Å². The lowest BCUT2D eigenvalue weighted by Crippen LogP contribution is -2.09. The molecule has 2 N–H and O–H groups in total. The normalized spacial score (nSPS) is 12.5. The molecule has 0 saturated carbocycles. The van der Waals surface area contributed by atoms with Gasteiger partial charge in [-0.15, -0.1) is 6.58 Å². The number of halogens is 2. The maximum Gasteiger partial charge on any atom is 0.0595 e. The summed E-state index contributed by atoms with van der Waals surface area (Å²) in [5.41, 5.74) is 6.97. The van der Waals surface area contributed by atoms with Crippen molar-refractivity contribution >= 4 is 23.2 Å². The van der Waals surface area contributed by atoms with E-state index in [1.807, 2.05) is 18.2 Å². The average Bonchev–Trinajstić information content (AvgIpc) is 2.18. The smallest absolute Gasteiger partial charge is 0.0595 e. The van der Waals surface area contributed by atoms with Crippen LogP contribution < -0.4 is 5.73 Å². The van der Waals surface area contributed by atoms with Crippen molar-refractivity contribution in [3.8, 4) is 0 Å². The van der Waals surface area contributed by atoms with Crippen LogP contribution in [0.5, 0.6) is 0 Å². The van der Waals surface area contributed by atoms with Gasteiger partial charge < -0.3 is 5.73 Å². The molecule has 1 aromatic rings. The molecular weight excluding hydrogens is 217 g/mol. The third-order valence-electron chi connectivity index (χ3n) is 2.05. The number of hydrogen-bond donors (Lipinski definition) is 1. The molecule has 0 unspecified atom stereocenters. The number of nitrogens with two attached hydrogens (primary N) is 1. The van der Waals surface area contributed by atoms with E-state index in [1.54, 1.807) is 6.07 Å². The maximum absolute atomic E-state index is 5.95. The van der Waals surface area contributed by atoms with E-state index in [1.165, 1.54) is 0 Å². The second kappa shape index (κ2) is 5.40. The van der Waals surface area contributed by atoms with Gasteiger partial charge in [0.25, 0.3) is 0 Å². The summed E-state index contributed by atoms with van der Waals surface area (Å²) in [5.74, 6) is 0. The summed E-state index contributed by atoms with van der Waals surface area (Å²) in [4.78, 5) is 0. The first-order chi connectivity index (χ1) is 6.65. The first-order valence-electron chi connectivity index (χ1n) is 4.46. The molecule has 76 valence electrons. The van der Waals surface area contributed by atoms with Crippen LogP contribution in [0.4, 0.5) is 0 Å². The zero-order chi connectivity index (χ0) is 10.6. The molecule has 0 fully saturated rings. The lowest BCUT2D eigenvalue weighted by atomic mass is 10.0. The molecule has 1 atom stereocenters. The van der Waals surface area contributed by atoms with Gasteiger partial charge in [0.15, 0.2) is 0 Å². The molecule has 1 aromatic carbocycles. The molecule has 0 aromatic heterocycles. The number of hydrogen-bond acceptors (Lipinski definition) is 1. The van der Waals surface area contributed by atoms with Crippen LogP contribution in [0.2, 0.25) is 10.0 Å². The van der Waals surface area contributed by atoms with Gasteiger partial charge in [-0.3, -0.25) is 0 Å². The van der Waals surface area contributed by atoms with Gasteiger partial charge in [-0.05, 0) is 30.5 Å². The number of allylic oxidation sites excluding steroid dienone is 1. The third-order valence-corrected chi connectivity index (χ3v) is 2.79. The Morgan fingerprint density at radius 3 is 2.64 bits per heavy atom. The van der Waals surface area contributed by atoms with Crippen LogP contribution in [0.25, 0.3) is 0 Å². The van der Waals surface area contributed by atoms with Gasteiger partial charge in [0, 0.05) is 6.04 Å². The molecule has 14 heavy (non-hydrogen) atoms. The minimum Gasteiger partial charge on any atom is -0.324 e. The van der Waals surface area contributed by atoms with Crippen LogP contribution in [-0.4, -0.2) is 0 Å². The lowest BCUT2D eigenvalue weighted by molar-refractivity contribution is 0.661. The number of benzene rings is 1. The van der Waals surface area contributed by atoms with E-state index in [2.05, 4.69) is 6.58 Å². The van der Waals surface area contributed by atoms with E-state index in [0.717, 1.165) is 18.4 Å². The summed E-state index contributed by atoms with van der Waals surface area (Å²) in [6.45, 7) is 3.66. The maximum atomic E-state index is 5.95. The summed E-state index contributed by atoms with van der Waals surface area (Å²) in [5, 5.41) is 1.12. The Bertz CT molecular complexity index is 323. The Hall–Kier alpha value is -0.500. The zero-order valence-corrected chi connectivity index (χ0v) is 9.35. The molecule has 0 amide bonds. The second-order valence-electron chi connectivity index (χ2n) is 3.15.